The Labute approximate surface area is 85.0 Å². The molecule has 1 N–H and O–H groups in total. The van der Waals surface area contributed by atoms with Crippen LogP contribution in [0.15, 0.2) is 18.2 Å². The minimum atomic E-state index is 0.523. The first kappa shape index (κ1) is 10.9. The monoisotopic (exact) mass is 195 g/mol. The highest BCUT2D eigenvalue weighted by Gasteiger charge is 2.01. The lowest BCUT2D eigenvalue weighted by Crippen LogP contribution is -2.03. The molecular formula is C11H17NO2. The van der Waals surface area contributed by atoms with Gasteiger partial charge >= 0.3 is 0 Å². The average molecular weight is 195 g/mol. The van der Waals surface area contributed by atoms with Crippen LogP contribution in [0, 0.1) is 0 Å². The van der Waals surface area contributed by atoms with Crippen molar-refractivity contribution in [3.8, 4) is 5.75 Å². The zero-order valence-electron chi connectivity index (χ0n) is 8.96. The van der Waals surface area contributed by atoms with Crippen LogP contribution in [-0.4, -0.2) is 21.0 Å². The molecule has 0 aliphatic carbocycles. The van der Waals surface area contributed by atoms with Gasteiger partial charge in [0.2, 0.25) is 0 Å². The normalized spacial score (nSPS) is 9.93. The van der Waals surface area contributed by atoms with E-state index in [1.165, 1.54) is 5.56 Å². The predicted molar refractivity (Wildman–Crippen MR) is 57.9 cm³/mol. The molecule has 0 unspecified atom stereocenters. The van der Waals surface area contributed by atoms with Gasteiger partial charge in [0, 0.05) is 12.8 Å². The zero-order valence-corrected chi connectivity index (χ0v) is 8.96. The molecule has 14 heavy (non-hydrogen) atoms. The Morgan fingerprint density at radius 3 is 2.64 bits per heavy atom. The fraction of sp³-hybridized carbons (Fsp3) is 0.455. The number of ether oxygens (including phenoxy) is 2. The molecule has 0 aliphatic heterocycles. The van der Waals surface area contributed by atoms with Crippen LogP contribution in [0.1, 0.15) is 12.5 Å². The van der Waals surface area contributed by atoms with E-state index in [4.69, 9.17) is 9.47 Å². The van der Waals surface area contributed by atoms with Gasteiger partial charge in [-0.1, -0.05) is 6.92 Å². The van der Waals surface area contributed by atoms with E-state index < -0.39 is 0 Å². The van der Waals surface area contributed by atoms with Crippen molar-refractivity contribution < 1.29 is 9.47 Å². The fourth-order valence-corrected chi connectivity index (χ4v) is 1.32. The van der Waals surface area contributed by atoms with Crippen molar-refractivity contribution in [1.82, 2.24) is 0 Å². The van der Waals surface area contributed by atoms with Gasteiger partial charge in [-0.3, -0.25) is 0 Å². The van der Waals surface area contributed by atoms with Crippen molar-refractivity contribution in [2.75, 3.05) is 26.3 Å². The van der Waals surface area contributed by atoms with Crippen molar-refractivity contribution in [1.29, 1.82) is 0 Å². The predicted octanol–water partition coefficient (Wildman–Crippen LogP) is 2.27. The lowest BCUT2D eigenvalue weighted by molar-refractivity contribution is 0.221. The molecule has 0 heterocycles. The number of anilines is 1. The number of hydrogen-bond acceptors (Lipinski definition) is 3. The summed E-state index contributed by atoms with van der Waals surface area (Å²) in [5.74, 6) is 0.940. The van der Waals surface area contributed by atoms with Crippen LogP contribution < -0.4 is 10.1 Å². The van der Waals surface area contributed by atoms with Crippen molar-refractivity contribution in [3.05, 3.63) is 23.8 Å². The molecule has 0 aliphatic rings. The van der Waals surface area contributed by atoms with E-state index in [0.717, 1.165) is 17.9 Å². The quantitative estimate of drug-likeness (QED) is 0.731. The van der Waals surface area contributed by atoms with Gasteiger partial charge in [-0.05, 0) is 30.2 Å². The van der Waals surface area contributed by atoms with E-state index in [-0.39, 0.29) is 0 Å². The van der Waals surface area contributed by atoms with Crippen LogP contribution in [0.3, 0.4) is 0 Å². The molecule has 1 aromatic carbocycles. The summed E-state index contributed by atoms with van der Waals surface area (Å²) in [5, 5.41) is 3.14. The second-order valence-electron chi connectivity index (χ2n) is 2.99. The maximum atomic E-state index is 5.24. The molecule has 0 fully saturated rings. The topological polar surface area (TPSA) is 30.5 Å². The molecule has 0 bridgehead atoms. The molecule has 1 rings (SSSR count). The third-order valence-electron chi connectivity index (χ3n) is 2.08. The summed E-state index contributed by atoms with van der Waals surface area (Å²) in [5.41, 5.74) is 2.26. The first-order valence-corrected chi connectivity index (χ1v) is 4.71. The number of hydrogen-bond donors (Lipinski definition) is 1. The number of methoxy groups -OCH3 is 2. The summed E-state index contributed by atoms with van der Waals surface area (Å²) in [7, 11) is 3.36. The van der Waals surface area contributed by atoms with Gasteiger partial charge in [0.05, 0.1) is 7.11 Å². The Morgan fingerprint density at radius 2 is 2.07 bits per heavy atom. The Kier molecular flexibility index (Phi) is 4.26. The van der Waals surface area contributed by atoms with Crippen LogP contribution in [-0.2, 0) is 11.2 Å². The lowest BCUT2D eigenvalue weighted by Gasteiger charge is -2.10. The van der Waals surface area contributed by atoms with Gasteiger partial charge in [-0.2, -0.15) is 0 Å². The van der Waals surface area contributed by atoms with E-state index in [0.29, 0.717) is 6.73 Å². The molecule has 0 radical (unpaired) electrons. The van der Waals surface area contributed by atoms with E-state index in [9.17, 15) is 0 Å². The largest absolute Gasteiger partial charge is 0.496 e. The second-order valence-corrected chi connectivity index (χ2v) is 2.99. The maximum Gasteiger partial charge on any atom is 0.122 e. The van der Waals surface area contributed by atoms with Gasteiger partial charge in [0.25, 0.3) is 0 Å². The number of aryl methyl sites for hydroxylation is 1. The molecule has 0 atom stereocenters. The number of rotatable bonds is 5. The maximum absolute atomic E-state index is 5.24. The minimum absolute atomic E-state index is 0.523. The molecule has 3 nitrogen and oxygen atoms in total. The van der Waals surface area contributed by atoms with Crippen LogP contribution in [0.2, 0.25) is 0 Å². The Bertz CT molecular complexity index is 287. The van der Waals surface area contributed by atoms with Gasteiger partial charge in [-0.25, -0.2) is 0 Å². The highest BCUT2D eigenvalue weighted by atomic mass is 16.5. The van der Waals surface area contributed by atoms with Crippen LogP contribution in [0.5, 0.6) is 5.75 Å². The molecule has 0 spiro atoms. The Balaban J connectivity index is 2.79. The highest BCUT2D eigenvalue weighted by Crippen LogP contribution is 2.22. The molecule has 3 heteroatoms. The fourth-order valence-electron chi connectivity index (χ4n) is 1.32. The molecule has 0 aromatic heterocycles. The summed E-state index contributed by atoms with van der Waals surface area (Å²) < 4.78 is 10.2. The first-order chi connectivity index (χ1) is 6.81. The summed E-state index contributed by atoms with van der Waals surface area (Å²) in [6, 6.07) is 6.03. The SMILES string of the molecule is CCc1cc(NCOC)ccc1OC. The molecule has 0 saturated heterocycles. The van der Waals surface area contributed by atoms with Crippen molar-refractivity contribution >= 4 is 5.69 Å². The Morgan fingerprint density at radius 1 is 1.29 bits per heavy atom. The van der Waals surface area contributed by atoms with E-state index in [2.05, 4.69) is 18.3 Å². The summed E-state index contributed by atoms with van der Waals surface area (Å²) in [6.07, 6.45) is 0.964. The van der Waals surface area contributed by atoms with Gasteiger partial charge in [0.1, 0.15) is 12.5 Å². The minimum Gasteiger partial charge on any atom is -0.496 e. The first-order valence-electron chi connectivity index (χ1n) is 4.71. The number of nitrogens with one attached hydrogen (secondary N) is 1. The second kappa shape index (κ2) is 5.50. The molecule has 0 amide bonds. The standard InChI is InChI=1S/C11H17NO2/c1-4-9-7-10(12-8-13-2)5-6-11(9)14-3/h5-7,12H,4,8H2,1-3H3. The molecule has 78 valence electrons. The van der Waals surface area contributed by atoms with E-state index >= 15 is 0 Å². The zero-order chi connectivity index (χ0) is 10.4. The molecular weight excluding hydrogens is 178 g/mol. The van der Waals surface area contributed by atoms with Gasteiger partial charge in [-0.15, -0.1) is 0 Å². The van der Waals surface area contributed by atoms with Crippen LogP contribution >= 0.6 is 0 Å². The highest BCUT2D eigenvalue weighted by molar-refractivity contribution is 5.51. The van der Waals surface area contributed by atoms with Crippen LogP contribution in [0.25, 0.3) is 0 Å². The molecule has 0 saturated carbocycles. The summed E-state index contributed by atoms with van der Waals surface area (Å²) >= 11 is 0. The Hall–Kier alpha value is -1.22. The van der Waals surface area contributed by atoms with E-state index in [1.807, 2.05) is 12.1 Å². The van der Waals surface area contributed by atoms with Crippen LogP contribution in [0.4, 0.5) is 5.69 Å². The van der Waals surface area contributed by atoms with Gasteiger partial charge in [0.15, 0.2) is 0 Å². The van der Waals surface area contributed by atoms with Crippen molar-refractivity contribution in [3.63, 3.8) is 0 Å². The molecule has 1 aromatic rings. The number of benzene rings is 1. The third kappa shape index (κ3) is 2.64. The van der Waals surface area contributed by atoms with Gasteiger partial charge < -0.3 is 14.8 Å². The summed E-state index contributed by atoms with van der Waals surface area (Å²) in [4.78, 5) is 0. The smallest absolute Gasteiger partial charge is 0.122 e. The van der Waals surface area contributed by atoms with Crippen molar-refractivity contribution in [2.45, 2.75) is 13.3 Å². The van der Waals surface area contributed by atoms with E-state index in [1.54, 1.807) is 14.2 Å². The third-order valence-corrected chi connectivity index (χ3v) is 2.08. The average Bonchev–Trinajstić information content (AvgIpc) is 2.25. The summed E-state index contributed by atoms with van der Waals surface area (Å²) in [6.45, 7) is 2.63. The lowest BCUT2D eigenvalue weighted by atomic mass is 10.1. The van der Waals surface area contributed by atoms with Crippen molar-refractivity contribution in [2.24, 2.45) is 0 Å².